The number of aryl methyl sites for hydroxylation is 1. The number of amidine groups is 1. The fourth-order valence-electron chi connectivity index (χ4n) is 3.50. The molecular weight excluding hydrogens is 282 g/mol. The molecule has 22 heavy (non-hydrogen) atoms. The Labute approximate surface area is 130 Å². The van der Waals surface area contributed by atoms with Crippen molar-refractivity contribution in [2.24, 2.45) is 18.0 Å². The Bertz CT molecular complexity index is 568. The Kier molecular flexibility index (Phi) is 4.40. The van der Waals surface area contributed by atoms with Gasteiger partial charge < -0.3 is 15.0 Å². The van der Waals surface area contributed by atoms with Crippen molar-refractivity contribution in [2.75, 3.05) is 13.1 Å². The van der Waals surface area contributed by atoms with E-state index < -0.39 is 4.92 Å². The van der Waals surface area contributed by atoms with Gasteiger partial charge >= 0.3 is 5.82 Å². The van der Waals surface area contributed by atoms with E-state index in [9.17, 15) is 10.1 Å². The van der Waals surface area contributed by atoms with Crippen molar-refractivity contribution in [1.82, 2.24) is 14.5 Å². The molecule has 0 atom stereocenters. The van der Waals surface area contributed by atoms with E-state index in [0.717, 1.165) is 31.8 Å². The van der Waals surface area contributed by atoms with Crippen molar-refractivity contribution in [3.63, 3.8) is 0 Å². The van der Waals surface area contributed by atoms with Gasteiger partial charge in [0.25, 0.3) is 0 Å². The molecule has 0 unspecified atom stereocenters. The van der Waals surface area contributed by atoms with Crippen molar-refractivity contribution in [3.8, 4) is 0 Å². The number of aromatic nitrogens is 2. The summed E-state index contributed by atoms with van der Waals surface area (Å²) in [7, 11) is 1.77. The number of likely N-dealkylation sites (tertiary alicyclic amines) is 1. The molecule has 2 heterocycles. The maximum Gasteiger partial charge on any atom is 0.408 e. The highest BCUT2D eigenvalue weighted by Crippen LogP contribution is 2.31. The highest BCUT2D eigenvalue weighted by Gasteiger charge is 2.28. The third kappa shape index (κ3) is 2.98. The summed E-state index contributed by atoms with van der Waals surface area (Å²) in [5, 5.41) is 11.2. The third-order valence-electron chi connectivity index (χ3n) is 4.68. The van der Waals surface area contributed by atoms with Crippen LogP contribution in [0.3, 0.4) is 0 Å². The minimum atomic E-state index is -0.443. The lowest BCUT2D eigenvalue weighted by atomic mass is 9.88. The predicted octanol–water partition coefficient (Wildman–Crippen LogP) is 3.03. The smallest absolute Gasteiger partial charge is 0.360 e. The SMILES string of the molecule is Cn1cnc([N+](=O)[O-])c1/N=C(/C1CCCCC1)N1CCCC1. The molecule has 120 valence electrons. The largest absolute Gasteiger partial charge is 0.408 e. The molecule has 0 bridgehead atoms. The van der Waals surface area contributed by atoms with Crippen molar-refractivity contribution < 1.29 is 4.92 Å². The molecule has 3 rings (SSSR count). The molecule has 2 aliphatic rings. The third-order valence-corrected chi connectivity index (χ3v) is 4.68. The monoisotopic (exact) mass is 305 g/mol. The lowest BCUT2D eigenvalue weighted by Gasteiger charge is -2.30. The van der Waals surface area contributed by atoms with E-state index >= 15 is 0 Å². The molecule has 0 aromatic carbocycles. The number of aliphatic imine (C=N–C) groups is 1. The van der Waals surface area contributed by atoms with Gasteiger partial charge in [-0.1, -0.05) is 19.3 Å². The van der Waals surface area contributed by atoms with Crippen LogP contribution >= 0.6 is 0 Å². The number of hydrogen-bond donors (Lipinski definition) is 0. The maximum absolute atomic E-state index is 11.2. The number of imidazole rings is 1. The number of nitrogens with zero attached hydrogens (tertiary/aromatic N) is 5. The molecule has 1 saturated carbocycles. The lowest BCUT2D eigenvalue weighted by molar-refractivity contribution is -0.388. The van der Waals surface area contributed by atoms with Gasteiger partial charge in [0.1, 0.15) is 5.84 Å². The Morgan fingerprint density at radius 2 is 1.95 bits per heavy atom. The first-order chi connectivity index (χ1) is 10.7. The number of rotatable bonds is 3. The van der Waals surface area contributed by atoms with Crippen molar-refractivity contribution >= 4 is 17.5 Å². The molecule has 0 radical (unpaired) electrons. The van der Waals surface area contributed by atoms with E-state index in [-0.39, 0.29) is 5.82 Å². The van der Waals surface area contributed by atoms with Crippen molar-refractivity contribution in [2.45, 2.75) is 44.9 Å². The summed E-state index contributed by atoms with van der Waals surface area (Å²) >= 11 is 0. The average Bonchev–Trinajstić information content (AvgIpc) is 3.16. The van der Waals surface area contributed by atoms with Crippen LogP contribution in [0.4, 0.5) is 11.6 Å². The molecule has 0 spiro atoms. The van der Waals surface area contributed by atoms with Gasteiger partial charge in [0, 0.05) is 26.1 Å². The molecule has 1 aromatic heterocycles. The molecular formula is C15H23N5O2. The fourth-order valence-corrected chi connectivity index (χ4v) is 3.50. The second kappa shape index (κ2) is 6.46. The van der Waals surface area contributed by atoms with Gasteiger partial charge in [-0.25, -0.2) is 4.99 Å². The first-order valence-corrected chi connectivity index (χ1v) is 8.16. The van der Waals surface area contributed by atoms with Crippen LogP contribution in [0.1, 0.15) is 44.9 Å². The summed E-state index contributed by atoms with van der Waals surface area (Å²) in [6.45, 7) is 2.03. The highest BCUT2D eigenvalue weighted by molar-refractivity contribution is 5.87. The summed E-state index contributed by atoms with van der Waals surface area (Å²) in [6.07, 6.45) is 9.85. The minimum absolute atomic E-state index is 0.144. The van der Waals surface area contributed by atoms with Gasteiger partial charge in [-0.2, -0.15) is 0 Å². The molecule has 1 aromatic rings. The zero-order valence-electron chi connectivity index (χ0n) is 13.1. The van der Waals surface area contributed by atoms with Gasteiger partial charge in [0.2, 0.25) is 12.1 Å². The van der Waals surface area contributed by atoms with E-state index in [2.05, 4.69) is 9.88 Å². The molecule has 7 heteroatoms. The van der Waals surface area contributed by atoms with Gasteiger partial charge in [0.15, 0.2) is 0 Å². The molecule has 0 amide bonds. The summed E-state index contributed by atoms with van der Waals surface area (Å²) in [6, 6.07) is 0. The molecule has 2 fully saturated rings. The van der Waals surface area contributed by atoms with Crippen LogP contribution in [0.15, 0.2) is 11.3 Å². The van der Waals surface area contributed by atoms with Crippen molar-refractivity contribution in [3.05, 3.63) is 16.4 Å². The van der Waals surface area contributed by atoms with Crippen LogP contribution in [0.25, 0.3) is 0 Å². The van der Waals surface area contributed by atoms with Gasteiger partial charge in [-0.15, -0.1) is 0 Å². The lowest BCUT2D eigenvalue weighted by Crippen LogP contribution is -2.35. The van der Waals surface area contributed by atoms with Crippen LogP contribution in [0.2, 0.25) is 0 Å². The Balaban J connectivity index is 1.97. The maximum atomic E-state index is 11.2. The number of hydrogen-bond acceptors (Lipinski definition) is 4. The summed E-state index contributed by atoms with van der Waals surface area (Å²) in [5.74, 6) is 1.71. The van der Waals surface area contributed by atoms with E-state index in [1.807, 2.05) is 0 Å². The van der Waals surface area contributed by atoms with E-state index in [1.54, 1.807) is 11.6 Å². The summed E-state index contributed by atoms with van der Waals surface area (Å²) < 4.78 is 1.65. The Morgan fingerprint density at radius 3 is 2.59 bits per heavy atom. The Morgan fingerprint density at radius 1 is 1.27 bits per heavy atom. The fraction of sp³-hybridized carbons (Fsp3) is 0.733. The second-order valence-electron chi connectivity index (χ2n) is 6.26. The van der Waals surface area contributed by atoms with Gasteiger partial charge in [-0.3, -0.25) is 4.57 Å². The molecule has 1 aliphatic heterocycles. The summed E-state index contributed by atoms with van der Waals surface area (Å²) in [4.78, 5) is 21.7. The zero-order chi connectivity index (χ0) is 15.5. The van der Waals surface area contributed by atoms with E-state index in [4.69, 9.17) is 4.99 Å². The second-order valence-corrected chi connectivity index (χ2v) is 6.26. The van der Waals surface area contributed by atoms with Gasteiger partial charge in [-0.05, 0) is 35.6 Å². The predicted molar refractivity (Wildman–Crippen MR) is 84.3 cm³/mol. The van der Waals surface area contributed by atoms with E-state index in [1.165, 1.54) is 38.4 Å². The quantitative estimate of drug-likeness (QED) is 0.372. The average molecular weight is 305 g/mol. The standard InChI is InChI=1S/C15H23N5O2/c1-18-11-16-14(20(21)22)15(18)17-13(19-9-5-6-10-19)12-7-3-2-4-8-12/h11-12H,2-10H2,1H3/b17-13-. The van der Waals surface area contributed by atoms with E-state index in [0.29, 0.717) is 11.7 Å². The summed E-state index contributed by atoms with van der Waals surface area (Å²) in [5.41, 5.74) is 0. The minimum Gasteiger partial charge on any atom is -0.360 e. The molecule has 7 nitrogen and oxygen atoms in total. The van der Waals surface area contributed by atoms with Crippen LogP contribution in [-0.4, -0.2) is 38.3 Å². The molecule has 1 aliphatic carbocycles. The van der Waals surface area contributed by atoms with Crippen LogP contribution in [0, 0.1) is 16.0 Å². The number of nitro groups is 1. The van der Waals surface area contributed by atoms with Crippen LogP contribution in [0.5, 0.6) is 0 Å². The van der Waals surface area contributed by atoms with Crippen LogP contribution < -0.4 is 0 Å². The van der Waals surface area contributed by atoms with Gasteiger partial charge in [0.05, 0.1) is 0 Å². The van der Waals surface area contributed by atoms with Crippen LogP contribution in [-0.2, 0) is 7.05 Å². The first kappa shape index (κ1) is 15.0. The zero-order valence-corrected chi connectivity index (χ0v) is 13.1. The Hall–Kier alpha value is -1.92. The molecule has 0 N–H and O–H groups in total. The topological polar surface area (TPSA) is 76.6 Å². The highest BCUT2D eigenvalue weighted by atomic mass is 16.6. The molecule has 1 saturated heterocycles. The normalized spacial score (nSPS) is 20.6. The van der Waals surface area contributed by atoms with Crippen molar-refractivity contribution in [1.29, 1.82) is 0 Å². The first-order valence-electron chi connectivity index (χ1n) is 8.16.